The zero-order valence-corrected chi connectivity index (χ0v) is 17.3. The lowest BCUT2D eigenvalue weighted by atomic mass is 9.99. The number of rotatable bonds is 3. The van der Waals surface area contributed by atoms with Crippen LogP contribution in [0.3, 0.4) is 0 Å². The molecular weight excluding hydrogens is 418 g/mol. The van der Waals surface area contributed by atoms with Gasteiger partial charge in [0.1, 0.15) is 0 Å². The second-order valence-corrected chi connectivity index (χ2v) is 7.98. The first-order valence-electron chi connectivity index (χ1n) is 9.59. The number of nitrogens with zero attached hydrogens (tertiary/aromatic N) is 1. The van der Waals surface area contributed by atoms with Crippen molar-refractivity contribution in [1.82, 2.24) is 4.98 Å². The summed E-state index contributed by atoms with van der Waals surface area (Å²) in [6.45, 7) is 0. The van der Waals surface area contributed by atoms with Gasteiger partial charge in [-0.1, -0.05) is 94.8 Å². The Kier molecular flexibility index (Phi) is 4.71. The van der Waals surface area contributed by atoms with E-state index in [-0.39, 0.29) is 0 Å². The Bertz CT molecular complexity index is 1290. The lowest BCUT2D eigenvalue weighted by Crippen LogP contribution is -1.91. The second kappa shape index (κ2) is 7.65. The van der Waals surface area contributed by atoms with Gasteiger partial charge in [0, 0.05) is 15.6 Å². The van der Waals surface area contributed by atoms with E-state index in [9.17, 15) is 0 Å². The number of aromatic nitrogens is 1. The fourth-order valence-corrected chi connectivity index (χ4v) is 3.86. The maximum atomic E-state index is 5.01. The van der Waals surface area contributed by atoms with E-state index in [1.807, 2.05) is 6.07 Å². The van der Waals surface area contributed by atoms with Crippen molar-refractivity contribution in [3.63, 3.8) is 0 Å². The molecule has 138 valence electrons. The third-order valence-electron chi connectivity index (χ3n) is 5.12. The molecule has 0 spiro atoms. The molecule has 0 N–H and O–H groups in total. The van der Waals surface area contributed by atoms with Crippen LogP contribution in [0.25, 0.3) is 44.4 Å². The quantitative estimate of drug-likeness (QED) is 0.279. The second-order valence-electron chi connectivity index (χ2n) is 7.06. The normalized spacial score (nSPS) is 10.9. The minimum Gasteiger partial charge on any atom is -0.248 e. The molecule has 5 aromatic rings. The lowest BCUT2D eigenvalue weighted by molar-refractivity contribution is 1.32. The summed E-state index contributed by atoms with van der Waals surface area (Å²) in [6, 6.07) is 38.1. The number of halogens is 1. The molecule has 0 fully saturated rings. The standard InChI is InChI=1S/C27H18BrN/c28-25-14-12-20(13-15-25)24-17-26(21-7-2-1-3-8-21)29-27(18-24)23-11-10-19-6-4-5-9-22(19)16-23/h1-18H. The van der Waals surface area contributed by atoms with Gasteiger partial charge in [0.2, 0.25) is 0 Å². The summed E-state index contributed by atoms with van der Waals surface area (Å²) >= 11 is 3.53. The van der Waals surface area contributed by atoms with Crippen LogP contribution in [0, 0.1) is 0 Å². The SMILES string of the molecule is Brc1ccc(-c2cc(-c3ccccc3)nc(-c3ccc4ccccc4c3)c2)cc1. The molecule has 0 saturated carbocycles. The van der Waals surface area contributed by atoms with Gasteiger partial charge in [0.05, 0.1) is 11.4 Å². The van der Waals surface area contributed by atoms with Crippen LogP contribution >= 0.6 is 15.9 Å². The summed E-state index contributed by atoms with van der Waals surface area (Å²) in [5.41, 5.74) is 6.54. The molecule has 1 heterocycles. The van der Waals surface area contributed by atoms with Crippen LogP contribution in [0.5, 0.6) is 0 Å². The zero-order chi connectivity index (χ0) is 19.6. The van der Waals surface area contributed by atoms with E-state index in [0.29, 0.717) is 0 Å². The number of hydrogen-bond acceptors (Lipinski definition) is 1. The summed E-state index contributed by atoms with van der Waals surface area (Å²) < 4.78 is 1.08. The van der Waals surface area contributed by atoms with E-state index >= 15 is 0 Å². The minimum atomic E-state index is 0.981. The van der Waals surface area contributed by atoms with Crippen molar-refractivity contribution < 1.29 is 0 Å². The van der Waals surface area contributed by atoms with Gasteiger partial charge in [-0.3, -0.25) is 0 Å². The molecule has 0 aliphatic carbocycles. The van der Waals surface area contributed by atoms with Gasteiger partial charge in [-0.25, -0.2) is 4.98 Å². The van der Waals surface area contributed by atoms with E-state index in [0.717, 1.165) is 32.6 Å². The molecule has 0 bridgehead atoms. The average molecular weight is 436 g/mol. The van der Waals surface area contributed by atoms with E-state index in [1.165, 1.54) is 16.3 Å². The van der Waals surface area contributed by atoms with Crippen LogP contribution in [0.1, 0.15) is 0 Å². The van der Waals surface area contributed by atoms with Crippen molar-refractivity contribution in [2.75, 3.05) is 0 Å². The van der Waals surface area contributed by atoms with Gasteiger partial charge in [-0.15, -0.1) is 0 Å². The van der Waals surface area contributed by atoms with Crippen LogP contribution < -0.4 is 0 Å². The number of pyridine rings is 1. The fraction of sp³-hybridized carbons (Fsp3) is 0. The van der Waals surface area contributed by atoms with Crippen molar-refractivity contribution in [2.24, 2.45) is 0 Å². The third kappa shape index (κ3) is 3.72. The van der Waals surface area contributed by atoms with Gasteiger partial charge in [-0.2, -0.15) is 0 Å². The van der Waals surface area contributed by atoms with Gasteiger partial charge < -0.3 is 0 Å². The Hall–Kier alpha value is -3.23. The molecule has 0 aliphatic heterocycles. The minimum absolute atomic E-state index is 0.981. The van der Waals surface area contributed by atoms with Crippen LogP contribution in [-0.2, 0) is 0 Å². The molecule has 2 heteroatoms. The Morgan fingerprint density at radius 2 is 1.07 bits per heavy atom. The summed E-state index contributed by atoms with van der Waals surface area (Å²) in [7, 11) is 0. The highest BCUT2D eigenvalue weighted by Gasteiger charge is 2.09. The first-order valence-corrected chi connectivity index (χ1v) is 10.4. The maximum Gasteiger partial charge on any atom is 0.0715 e. The molecule has 0 radical (unpaired) electrons. The van der Waals surface area contributed by atoms with Crippen molar-refractivity contribution in [3.05, 3.63) is 114 Å². The molecule has 0 saturated heterocycles. The summed E-state index contributed by atoms with van der Waals surface area (Å²) in [6.07, 6.45) is 0. The highest BCUT2D eigenvalue weighted by atomic mass is 79.9. The maximum absolute atomic E-state index is 5.01. The molecule has 0 amide bonds. The highest BCUT2D eigenvalue weighted by Crippen LogP contribution is 2.32. The molecule has 5 rings (SSSR count). The van der Waals surface area contributed by atoms with Crippen LogP contribution in [0.4, 0.5) is 0 Å². The zero-order valence-electron chi connectivity index (χ0n) is 15.7. The lowest BCUT2D eigenvalue weighted by Gasteiger charge is -2.11. The Morgan fingerprint density at radius 3 is 1.83 bits per heavy atom. The molecule has 1 nitrogen and oxygen atoms in total. The van der Waals surface area contributed by atoms with E-state index in [1.54, 1.807) is 0 Å². The Morgan fingerprint density at radius 1 is 0.448 bits per heavy atom. The Balaban J connectivity index is 1.71. The largest absolute Gasteiger partial charge is 0.248 e. The molecule has 0 atom stereocenters. The molecule has 0 aliphatic rings. The molecule has 29 heavy (non-hydrogen) atoms. The van der Waals surface area contributed by atoms with Crippen LogP contribution in [0.15, 0.2) is 114 Å². The first-order chi connectivity index (χ1) is 14.3. The Labute approximate surface area is 178 Å². The van der Waals surface area contributed by atoms with Crippen molar-refractivity contribution in [3.8, 4) is 33.6 Å². The smallest absolute Gasteiger partial charge is 0.0715 e. The predicted octanol–water partition coefficient (Wildman–Crippen LogP) is 8.00. The van der Waals surface area contributed by atoms with Crippen LogP contribution in [0.2, 0.25) is 0 Å². The van der Waals surface area contributed by atoms with Crippen molar-refractivity contribution >= 4 is 26.7 Å². The average Bonchev–Trinajstić information content (AvgIpc) is 2.79. The third-order valence-corrected chi connectivity index (χ3v) is 5.65. The topological polar surface area (TPSA) is 12.9 Å². The first kappa shape index (κ1) is 17.8. The van der Waals surface area contributed by atoms with Gasteiger partial charge in [0.15, 0.2) is 0 Å². The summed E-state index contributed by atoms with van der Waals surface area (Å²) in [5.74, 6) is 0. The number of hydrogen-bond donors (Lipinski definition) is 0. The van der Waals surface area contributed by atoms with Crippen molar-refractivity contribution in [2.45, 2.75) is 0 Å². The predicted molar refractivity (Wildman–Crippen MR) is 126 cm³/mol. The molecule has 1 aromatic heterocycles. The molecule has 0 unspecified atom stereocenters. The summed E-state index contributed by atoms with van der Waals surface area (Å²) in [4.78, 5) is 5.01. The highest BCUT2D eigenvalue weighted by molar-refractivity contribution is 9.10. The van der Waals surface area contributed by atoms with E-state index in [2.05, 4.69) is 119 Å². The van der Waals surface area contributed by atoms with Gasteiger partial charge >= 0.3 is 0 Å². The van der Waals surface area contributed by atoms with E-state index in [4.69, 9.17) is 4.98 Å². The molecule has 4 aromatic carbocycles. The fourth-order valence-electron chi connectivity index (χ4n) is 3.59. The monoisotopic (exact) mass is 435 g/mol. The molecular formula is C27H18BrN. The van der Waals surface area contributed by atoms with E-state index < -0.39 is 0 Å². The van der Waals surface area contributed by atoms with Gasteiger partial charge in [-0.05, 0) is 52.2 Å². The number of fused-ring (bicyclic) bond motifs is 1. The van der Waals surface area contributed by atoms with Gasteiger partial charge in [0.25, 0.3) is 0 Å². The van der Waals surface area contributed by atoms with Crippen molar-refractivity contribution in [1.29, 1.82) is 0 Å². The van der Waals surface area contributed by atoms with Crippen LogP contribution in [-0.4, -0.2) is 4.98 Å². The number of benzene rings is 4. The summed E-state index contributed by atoms with van der Waals surface area (Å²) in [5, 5.41) is 2.46.